The average molecular weight is 259 g/mol. The normalized spacial score (nSPS) is 16.7. The van der Waals surface area contributed by atoms with Crippen molar-refractivity contribution < 1.29 is 19.4 Å². The standard InChI is InChI=1S/C14H13NO4/c1-8-12(14(18)19-2)11(13(17)15-8)7-9-3-5-10(16)6-4-9/h3-7,16H,1-2H3,(H,15,17). The lowest BCUT2D eigenvalue weighted by molar-refractivity contribution is -0.136. The molecule has 1 heterocycles. The lowest BCUT2D eigenvalue weighted by atomic mass is 10.0. The number of benzene rings is 1. The number of hydrogen-bond donors (Lipinski definition) is 2. The van der Waals surface area contributed by atoms with Crippen molar-refractivity contribution in [1.29, 1.82) is 0 Å². The predicted molar refractivity (Wildman–Crippen MR) is 68.9 cm³/mol. The Morgan fingerprint density at radius 2 is 1.95 bits per heavy atom. The van der Waals surface area contributed by atoms with Crippen LogP contribution >= 0.6 is 0 Å². The molecule has 0 spiro atoms. The second-order valence-corrected chi connectivity index (χ2v) is 4.10. The summed E-state index contributed by atoms with van der Waals surface area (Å²) < 4.78 is 4.67. The van der Waals surface area contributed by atoms with Crippen molar-refractivity contribution in [2.24, 2.45) is 0 Å². The third-order valence-corrected chi connectivity index (χ3v) is 2.78. The Morgan fingerprint density at radius 1 is 1.32 bits per heavy atom. The first kappa shape index (κ1) is 12.9. The fourth-order valence-corrected chi connectivity index (χ4v) is 1.86. The molecule has 98 valence electrons. The molecule has 1 aromatic carbocycles. The highest BCUT2D eigenvalue weighted by Crippen LogP contribution is 2.25. The van der Waals surface area contributed by atoms with Crippen molar-refractivity contribution in [2.45, 2.75) is 6.92 Å². The number of rotatable bonds is 2. The van der Waals surface area contributed by atoms with Gasteiger partial charge in [-0.05, 0) is 30.7 Å². The number of nitrogens with one attached hydrogen (secondary N) is 1. The predicted octanol–water partition coefficient (Wildman–Crippen LogP) is 1.35. The number of ether oxygens (including phenoxy) is 1. The summed E-state index contributed by atoms with van der Waals surface area (Å²) in [4.78, 5) is 23.5. The first-order valence-corrected chi connectivity index (χ1v) is 5.64. The molecule has 2 N–H and O–H groups in total. The van der Waals surface area contributed by atoms with Gasteiger partial charge in [0, 0.05) is 5.70 Å². The van der Waals surface area contributed by atoms with E-state index in [1.165, 1.54) is 19.2 Å². The molecule has 1 aromatic rings. The topological polar surface area (TPSA) is 75.6 Å². The number of esters is 1. The van der Waals surface area contributed by atoms with Gasteiger partial charge in [0.15, 0.2) is 0 Å². The monoisotopic (exact) mass is 259 g/mol. The molecule has 1 aliphatic rings. The van der Waals surface area contributed by atoms with E-state index in [1.54, 1.807) is 25.1 Å². The molecule has 1 amide bonds. The van der Waals surface area contributed by atoms with Crippen LogP contribution in [0.2, 0.25) is 0 Å². The Hall–Kier alpha value is -2.56. The highest BCUT2D eigenvalue weighted by Gasteiger charge is 2.30. The van der Waals surface area contributed by atoms with Crippen molar-refractivity contribution in [3.63, 3.8) is 0 Å². The molecule has 0 fully saturated rings. The smallest absolute Gasteiger partial charge is 0.340 e. The molecule has 0 unspecified atom stereocenters. The number of aromatic hydroxyl groups is 1. The van der Waals surface area contributed by atoms with Crippen LogP contribution in [0.5, 0.6) is 5.75 Å². The van der Waals surface area contributed by atoms with Gasteiger partial charge in [-0.2, -0.15) is 0 Å². The van der Waals surface area contributed by atoms with Crippen LogP contribution in [0.1, 0.15) is 12.5 Å². The highest BCUT2D eigenvalue weighted by molar-refractivity contribution is 6.16. The Kier molecular flexibility index (Phi) is 3.37. The summed E-state index contributed by atoms with van der Waals surface area (Å²) in [5.41, 5.74) is 1.68. The van der Waals surface area contributed by atoms with Crippen LogP contribution in [-0.2, 0) is 14.3 Å². The summed E-state index contributed by atoms with van der Waals surface area (Å²) >= 11 is 0. The number of methoxy groups -OCH3 is 1. The maximum Gasteiger partial charge on any atom is 0.340 e. The van der Waals surface area contributed by atoms with Crippen LogP contribution in [0.3, 0.4) is 0 Å². The van der Waals surface area contributed by atoms with E-state index in [9.17, 15) is 14.7 Å². The fraction of sp³-hybridized carbons (Fsp3) is 0.143. The minimum Gasteiger partial charge on any atom is -0.508 e. The summed E-state index contributed by atoms with van der Waals surface area (Å²) in [7, 11) is 1.27. The third kappa shape index (κ3) is 2.49. The molecule has 0 aliphatic carbocycles. The Bertz CT molecular complexity index is 596. The molecule has 0 atom stereocenters. The first-order chi connectivity index (χ1) is 9.02. The van der Waals surface area contributed by atoms with E-state index in [4.69, 9.17) is 0 Å². The van der Waals surface area contributed by atoms with E-state index < -0.39 is 5.97 Å². The van der Waals surface area contributed by atoms with E-state index in [1.807, 2.05) is 0 Å². The summed E-state index contributed by atoms with van der Waals surface area (Å²) in [6, 6.07) is 6.32. The molecular formula is C14H13NO4. The molecule has 0 saturated heterocycles. The fourth-order valence-electron chi connectivity index (χ4n) is 1.86. The van der Waals surface area contributed by atoms with Crippen molar-refractivity contribution >= 4 is 18.0 Å². The van der Waals surface area contributed by atoms with Crippen molar-refractivity contribution in [3.05, 3.63) is 46.7 Å². The Labute approximate surface area is 110 Å². The SMILES string of the molecule is COC(=O)C1=C(C)NC(=O)C1=Cc1ccc(O)cc1. The largest absolute Gasteiger partial charge is 0.508 e. The molecular weight excluding hydrogens is 246 g/mol. The number of phenols is 1. The van der Waals surface area contributed by atoms with Gasteiger partial charge < -0.3 is 15.2 Å². The molecule has 2 rings (SSSR count). The molecule has 0 bridgehead atoms. The highest BCUT2D eigenvalue weighted by atomic mass is 16.5. The molecule has 5 heteroatoms. The van der Waals surface area contributed by atoms with Crippen LogP contribution in [0.25, 0.3) is 6.08 Å². The quantitative estimate of drug-likeness (QED) is 0.621. The second kappa shape index (κ2) is 4.97. The van der Waals surface area contributed by atoms with E-state index in [0.717, 1.165) is 0 Å². The van der Waals surface area contributed by atoms with Gasteiger partial charge >= 0.3 is 5.97 Å². The van der Waals surface area contributed by atoms with E-state index in [0.29, 0.717) is 11.3 Å². The van der Waals surface area contributed by atoms with Gasteiger partial charge in [-0.25, -0.2) is 4.79 Å². The maximum absolute atomic E-state index is 11.8. The second-order valence-electron chi connectivity index (χ2n) is 4.10. The Morgan fingerprint density at radius 3 is 2.53 bits per heavy atom. The summed E-state index contributed by atoms with van der Waals surface area (Å²) in [6.07, 6.45) is 1.58. The lowest BCUT2D eigenvalue weighted by Gasteiger charge is -2.02. The van der Waals surface area contributed by atoms with Crippen molar-refractivity contribution in [3.8, 4) is 5.75 Å². The zero-order valence-corrected chi connectivity index (χ0v) is 10.6. The van der Waals surface area contributed by atoms with Gasteiger partial charge in [0.2, 0.25) is 0 Å². The number of phenolic OH excluding ortho intramolecular Hbond substituents is 1. The van der Waals surface area contributed by atoms with E-state index in [-0.39, 0.29) is 22.8 Å². The number of allylic oxidation sites excluding steroid dienone is 1. The number of hydrogen-bond acceptors (Lipinski definition) is 4. The number of carbonyl (C=O) groups is 2. The number of amides is 1. The maximum atomic E-state index is 11.8. The van der Waals surface area contributed by atoms with Crippen LogP contribution in [0.15, 0.2) is 41.1 Å². The van der Waals surface area contributed by atoms with E-state index in [2.05, 4.69) is 10.1 Å². The van der Waals surface area contributed by atoms with Gasteiger partial charge in [0.05, 0.1) is 18.3 Å². The van der Waals surface area contributed by atoms with Gasteiger partial charge in [-0.15, -0.1) is 0 Å². The third-order valence-electron chi connectivity index (χ3n) is 2.78. The minimum atomic E-state index is -0.555. The van der Waals surface area contributed by atoms with Crippen LogP contribution in [-0.4, -0.2) is 24.1 Å². The van der Waals surface area contributed by atoms with Gasteiger partial charge in [-0.1, -0.05) is 12.1 Å². The molecule has 0 radical (unpaired) electrons. The molecule has 5 nitrogen and oxygen atoms in total. The van der Waals surface area contributed by atoms with Crippen LogP contribution < -0.4 is 5.32 Å². The molecule has 0 aromatic heterocycles. The Balaban J connectivity index is 2.44. The zero-order valence-electron chi connectivity index (χ0n) is 10.6. The summed E-state index contributed by atoms with van der Waals surface area (Å²) in [6.45, 7) is 1.64. The van der Waals surface area contributed by atoms with Gasteiger partial charge in [0.1, 0.15) is 5.75 Å². The molecule has 19 heavy (non-hydrogen) atoms. The zero-order chi connectivity index (χ0) is 14.0. The average Bonchev–Trinajstić information content (AvgIpc) is 2.66. The van der Waals surface area contributed by atoms with Crippen molar-refractivity contribution in [2.75, 3.05) is 7.11 Å². The summed E-state index contributed by atoms with van der Waals surface area (Å²) in [5, 5.41) is 11.8. The van der Waals surface area contributed by atoms with E-state index >= 15 is 0 Å². The number of carbonyl (C=O) groups excluding carboxylic acids is 2. The first-order valence-electron chi connectivity index (χ1n) is 5.64. The summed E-state index contributed by atoms with van der Waals surface area (Å²) in [5.74, 6) is -0.759. The van der Waals surface area contributed by atoms with Crippen LogP contribution in [0, 0.1) is 0 Å². The molecule has 0 saturated carbocycles. The molecule has 1 aliphatic heterocycles. The van der Waals surface area contributed by atoms with Crippen LogP contribution in [0.4, 0.5) is 0 Å². The van der Waals surface area contributed by atoms with Gasteiger partial charge in [0.25, 0.3) is 5.91 Å². The van der Waals surface area contributed by atoms with Gasteiger partial charge in [-0.3, -0.25) is 4.79 Å². The minimum absolute atomic E-state index is 0.137. The lowest BCUT2D eigenvalue weighted by Crippen LogP contribution is -2.15. The van der Waals surface area contributed by atoms with Crippen molar-refractivity contribution in [1.82, 2.24) is 5.32 Å².